The summed E-state index contributed by atoms with van der Waals surface area (Å²) in [6.07, 6.45) is 5.93. The molecule has 0 aromatic rings. The number of carbonyl (C=O) groups is 1. The molecule has 3 unspecified atom stereocenters. The highest BCUT2D eigenvalue weighted by molar-refractivity contribution is 5.75. The zero-order valence-electron chi connectivity index (χ0n) is 9.39. The van der Waals surface area contributed by atoms with E-state index in [1.807, 2.05) is 0 Å². The molecular formula is C12H18O4. The third-order valence-corrected chi connectivity index (χ3v) is 3.80. The molecular weight excluding hydrogens is 208 g/mol. The average Bonchev–Trinajstić information content (AvgIpc) is 2.61. The van der Waals surface area contributed by atoms with Gasteiger partial charge in [-0.25, -0.2) is 0 Å². The fourth-order valence-corrected chi connectivity index (χ4v) is 2.85. The van der Waals surface area contributed by atoms with Crippen LogP contribution in [0.15, 0.2) is 0 Å². The van der Waals surface area contributed by atoms with Crippen molar-refractivity contribution in [1.29, 1.82) is 0 Å². The van der Waals surface area contributed by atoms with Gasteiger partial charge in [0.2, 0.25) is 0 Å². The first kappa shape index (κ1) is 10.5. The van der Waals surface area contributed by atoms with Crippen LogP contribution in [0.1, 0.15) is 38.5 Å². The van der Waals surface area contributed by atoms with Crippen molar-refractivity contribution < 1.29 is 19.0 Å². The Labute approximate surface area is 95.2 Å². The van der Waals surface area contributed by atoms with Gasteiger partial charge in [-0.15, -0.1) is 0 Å². The standard InChI is InChI=1S/C12H18O4/c13-12-8-4-5-9(10(7-8)16-12)15-11-3-1-2-6-14-11/h8-11H,1-7H2/t8?,9-,10?,11?/m0/s1. The molecule has 16 heavy (non-hydrogen) atoms. The minimum absolute atomic E-state index is 0.0169. The van der Waals surface area contributed by atoms with Gasteiger partial charge in [0.15, 0.2) is 6.29 Å². The maximum absolute atomic E-state index is 11.4. The third-order valence-electron chi connectivity index (χ3n) is 3.80. The van der Waals surface area contributed by atoms with E-state index in [1.165, 1.54) is 6.42 Å². The van der Waals surface area contributed by atoms with Crippen molar-refractivity contribution in [3.63, 3.8) is 0 Å². The molecule has 2 aliphatic heterocycles. The molecule has 1 aliphatic carbocycles. The SMILES string of the molecule is O=C1OC2CC1CC[C@@H]2OC1CCCCO1. The fraction of sp³-hybridized carbons (Fsp3) is 0.917. The van der Waals surface area contributed by atoms with Gasteiger partial charge < -0.3 is 14.2 Å². The van der Waals surface area contributed by atoms with E-state index in [9.17, 15) is 4.79 Å². The molecule has 0 radical (unpaired) electrons. The first-order chi connectivity index (χ1) is 7.83. The molecule has 2 bridgehead atoms. The molecule has 3 rings (SSSR count). The van der Waals surface area contributed by atoms with Gasteiger partial charge in [0.1, 0.15) is 6.10 Å². The van der Waals surface area contributed by atoms with Crippen molar-refractivity contribution in [3.05, 3.63) is 0 Å². The Morgan fingerprint density at radius 1 is 1.19 bits per heavy atom. The van der Waals surface area contributed by atoms with Crippen molar-refractivity contribution in [2.75, 3.05) is 6.61 Å². The van der Waals surface area contributed by atoms with Crippen LogP contribution in [0.3, 0.4) is 0 Å². The Kier molecular flexibility index (Phi) is 2.86. The van der Waals surface area contributed by atoms with E-state index in [0.717, 1.165) is 38.7 Å². The highest BCUT2D eigenvalue weighted by Gasteiger charge is 2.44. The number of hydrogen-bond donors (Lipinski definition) is 0. The monoisotopic (exact) mass is 226 g/mol. The van der Waals surface area contributed by atoms with Crippen LogP contribution >= 0.6 is 0 Å². The van der Waals surface area contributed by atoms with Crippen molar-refractivity contribution in [3.8, 4) is 0 Å². The highest BCUT2D eigenvalue weighted by Crippen LogP contribution is 2.36. The molecule has 0 spiro atoms. The van der Waals surface area contributed by atoms with E-state index in [1.54, 1.807) is 0 Å². The summed E-state index contributed by atoms with van der Waals surface area (Å²) in [7, 11) is 0. The Morgan fingerprint density at radius 2 is 2.12 bits per heavy atom. The smallest absolute Gasteiger partial charge is 0.309 e. The first-order valence-corrected chi connectivity index (χ1v) is 6.30. The molecule has 4 atom stereocenters. The van der Waals surface area contributed by atoms with Gasteiger partial charge >= 0.3 is 5.97 Å². The molecule has 2 saturated heterocycles. The van der Waals surface area contributed by atoms with Gasteiger partial charge in [0.25, 0.3) is 0 Å². The van der Waals surface area contributed by atoms with E-state index in [4.69, 9.17) is 14.2 Å². The van der Waals surface area contributed by atoms with Crippen LogP contribution in [-0.2, 0) is 19.0 Å². The molecule has 3 aliphatic rings. The lowest BCUT2D eigenvalue weighted by Gasteiger charge is -2.31. The zero-order chi connectivity index (χ0) is 11.0. The van der Waals surface area contributed by atoms with E-state index in [2.05, 4.69) is 0 Å². The van der Waals surface area contributed by atoms with Crippen molar-refractivity contribution in [1.82, 2.24) is 0 Å². The Morgan fingerprint density at radius 3 is 2.94 bits per heavy atom. The van der Waals surface area contributed by atoms with Crippen LogP contribution in [0, 0.1) is 5.92 Å². The highest BCUT2D eigenvalue weighted by atomic mass is 16.7. The summed E-state index contributed by atoms with van der Waals surface area (Å²) in [6, 6.07) is 0. The van der Waals surface area contributed by atoms with E-state index < -0.39 is 0 Å². The lowest BCUT2D eigenvalue weighted by atomic mass is 9.88. The third kappa shape index (κ3) is 1.96. The van der Waals surface area contributed by atoms with Gasteiger partial charge in [-0.1, -0.05) is 0 Å². The maximum Gasteiger partial charge on any atom is 0.309 e. The van der Waals surface area contributed by atoms with Gasteiger partial charge in [-0.2, -0.15) is 0 Å². The normalized spacial score (nSPS) is 43.1. The predicted molar refractivity (Wildman–Crippen MR) is 55.7 cm³/mol. The molecule has 0 aromatic heterocycles. The summed E-state index contributed by atoms with van der Waals surface area (Å²) >= 11 is 0. The lowest BCUT2D eigenvalue weighted by molar-refractivity contribution is -0.210. The minimum Gasteiger partial charge on any atom is -0.459 e. The number of fused-ring (bicyclic) bond motifs is 2. The number of hydrogen-bond acceptors (Lipinski definition) is 4. The van der Waals surface area contributed by atoms with E-state index in [-0.39, 0.29) is 30.4 Å². The first-order valence-electron chi connectivity index (χ1n) is 6.30. The molecule has 4 heteroatoms. The Hall–Kier alpha value is -0.610. The maximum atomic E-state index is 11.4. The van der Waals surface area contributed by atoms with Crippen LogP contribution in [0.5, 0.6) is 0 Å². The summed E-state index contributed by atoms with van der Waals surface area (Å²) in [5.74, 6) is 0.109. The van der Waals surface area contributed by atoms with E-state index in [0.29, 0.717) is 0 Å². The molecule has 0 N–H and O–H groups in total. The van der Waals surface area contributed by atoms with Crippen molar-refractivity contribution in [2.45, 2.75) is 57.0 Å². The summed E-state index contributed by atoms with van der Waals surface area (Å²) in [4.78, 5) is 11.4. The lowest BCUT2D eigenvalue weighted by Crippen LogP contribution is -2.37. The zero-order valence-corrected chi connectivity index (χ0v) is 9.39. The van der Waals surface area contributed by atoms with Crippen LogP contribution in [0.25, 0.3) is 0 Å². The second kappa shape index (κ2) is 4.34. The topological polar surface area (TPSA) is 44.8 Å². The van der Waals surface area contributed by atoms with Crippen LogP contribution in [0.4, 0.5) is 0 Å². The van der Waals surface area contributed by atoms with Crippen LogP contribution < -0.4 is 0 Å². The van der Waals surface area contributed by atoms with E-state index >= 15 is 0 Å². The van der Waals surface area contributed by atoms with Crippen molar-refractivity contribution >= 4 is 5.97 Å². The summed E-state index contributed by atoms with van der Waals surface area (Å²) in [5.41, 5.74) is 0. The quantitative estimate of drug-likeness (QED) is 0.671. The largest absolute Gasteiger partial charge is 0.459 e. The molecule has 0 amide bonds. The van der Waals surface area contributed by atoms with Gasteiger partial charge in [0, 0.05) is 13.0 Å². The van der Waals surface area contributed by atoms with Gasteiger partial charge in [-0.3, -0.25) is 4.79 Å². The minimum atomic E-state index is -0.0744. The molecule has 4 nitrogen and oxygen atoms in total. The molecule has 3 fully saturated rings. The van der Waals surface area contributed by atoms with Crippen LogP contribution in [-0.4, -0.2) is 31.1 Å². The van der Waals surface area contributed by atoms with Crippen molar-refractivity contribution in [2.24, 2.45) is 5.92 Å². The summed E-state index contributed by atoms with van der Waals surface area (Å²) in [6.45, 7) is 0.796. The second-order valence-corrected chi connectivity index (χ2v) is 4.96. The predicted octanol–water partition coefficient (Wildman–Crippen LogP) is 1.62. The molecule has 90 valence electrons. The molecule has 1 saturated carbocycles. The number of esters is 1. The fourth-order valence-electron chi connectivity index (χ4n) is 2.85. The Bertz CT molecular complexity index is 272. The van der Waals surface area contributed by atoms with Gasteiger partial charge in [0.05, 0.1) is 12.0 Å². The second-order valence-electron chi connectivity index (χ2n) is 4.96. The number of carbonyl (C=O) groups excluding carboxylic acids is 1. The Balaban J connectivity index is 1.57. The average molecular weight is 226 g/mol. The van der Waals surface area contributed by atoms with Crippen LogP contribution in [0.2, 0.25) is 0 Å². The summed E-state index contributed by atoms with van der Waals surface area (Å²) < 4.78 is 16.8. The number of ether oxygens (including phenoxy) is 3. The molecule has 2 heterocycles. The summed E-state index contributed by atoms with van der Waals surface area (Å²) in [5, 5.41) is 0. The van der Waals surface area contributed by atoms with Gasteiger partial charge in [-0.05, 0) is 32.1 Å². The number of rotatable bonds is 2. The molecule has 0 aromatic carbocycles.